The number of rotatable bonds is 5. The first kappa shape index (κ1) is 17.2. The summed E-state index contributed by atoms with van der Waals surface area (Å²) in [7, 11) is -2.38. The first-order valence-electron chi connectivity index (χ1n) is 7.48. The van der Waals surface area contributed by atoms with Crippen LogP contribution in [0.25, 0.3) is 11.4 Å². The molecule has 0 aliphatic carbocycles. The first-order chi connectivity index (χ1) is 11.9. The van der Waals surface area contributed by atoms with Crippen molar-refractivity contribution in [2.45, 2.75) is 18.4 Å². The highest BCUT2D eigenvalue weighted by Crippen LogP contribution is 2.19. The first-order valence-corrected chi connectivity index (χ1v) is 8.92. The topological polar surface area (TPSA) is 76.3 Å². The largest absolute Gasteiger partial charge is 0.338 e. The molecule has 0 spiro atoms. The molecule has 0 N–H and O–H groups in total. The van der Waals surface area contributed by atoms with Crippen molar-refractivity contribution < 1.29 is 17.3 Å². The minimum absolute atomic E-state index is 0.00493. The second kappa shape index (κ2) is 6.73. The molecule has 25 heavy (non-hydrogen) atoms. The quantitative estimate of drug-likeness (QED) is 0.698. The fraction of sp³-hybridized carbons (Fsp3) is 0.176. The Balaban J connectivity index is 1.78. The third kappa shape index (κ3) is 3.75. The van der Waals surface area contributed by atoms with E-state index in [0.717, 1.165) is 27.6 Å². The van der Waals surface area contributed by atoms with Gasteiger partial charge in [-0.1, -0.05) is 35.0 Å². The number of nitrogens with zero attached hydrogens (tertiary/aromatic N) is 3. The van der Waals surface area contributed by atoms with Crippen LogP contribution in [-0.4, -0.2) is 29.9 Å². The average Bonchev–Trinajstić information content (AvgIpc) is 3.04. The molecule has 0 fully saturated rings. The second-order valence-corrected chi connectivity index (χ2v) is 7.64. The maximum atomic E-state index is 13.0. The Kier molecular flexibility index (Phi) is 4.65. The molecule has 0 saturated carbocycles. The van der Waals surface area contributed by atoms with Crippen LogP contribution < -0.4 is 0 Å². The number of halogens is 1. The highest BCUT2D eigenvalue weighted by Gasteiger charge is 2.23. The molecule has 0 radical (unpaired) electrons. The summed E-state index contributed by atoms with van der Waals surface area (Å²) in [6.45, 7) is 1.89. The van der Waals surface area contributed by atoms with E-state index in [9.17, 15) is 12.8 Å². The molecule has 6 nitrogen and oxygen atoms in total. The predicted octanol–water partition coefficient (Wildman–Crippen LogP) is 3.00. The SMILES string of the molecule is Cc1ccc(-c2noc(CN(C)S(=O)(=O)c3ccc(F)cc3)n2)cc1. The molecule has 0 aliphatic heterocycles. The number of aromatic nitrogens is 2. The van der Waals surface area contributed by atoms with Crippen LogP contribution in [0, 0.1) is 12.7 Å². The Morgan fingerprint density at radius 3 is 2.36 bits per heavy atom. The fourth-order valence-electron chi connectivity index (χ4n) is 2.20. The van der Waals surface area contributed by atoms with E-state index in [1.54, 1.807) is 0 Å². The van der Waals surface area contributed by atoms with Gasteiger partial charge in [-0.2, -0.15) is 9.29 Å². The summed E-state index contributed by atoms with van der Waals surface area (Å²) in [5.74, 6) is 0.0626. The number of sulfonamides is 1. The van der Waals surface area contributed by atoms with Crippen LogP contribution >= 0.6 is 0 Å². The Labute approximate surface area is 145 Å². The molecule has 0 bridgehead atoms. The standard InChI is InChI=1S/C17H16FN3O3S/c1-12-3-5-13(6-4-12)17-19-16(24-20-17)11-21(2)25(22,23)15-9-7-14(18)8-10-15/h3-10H,11H2,1-2H3. The van der Waals surface area contributed by atoms with Crippen LogP contribution in [0.5, 0.6) is 0 Å². The van der Waals surface area contributed by atoms with Crippen molar-refractivity contribution in [3.05, 3.63) is 65.8 Å². The van der Waals surface area contributed by atoms with Gasteiger partial charge >= 0.3 is 0 Å². The number of benzene rings is 2. The monoisotopic (exact) mass is 361 g/mol. The summed E-state index contributed by atoms with van der Waals surface area (Å²) < 4.78 is 44.1. The van der Waals surface area contributed by atoms with Crippen LogP contribution in [0.3, 0.4) is 0 Å². The van der Waals surface area contributed by atoms with Crippen molar-refractivity contribution in [3.63, 3.8) is 0 Å². The normalized spacial score (nSPS) is 11.8. The summed E-state index contributed by atoms with van der Waals surface area (Å²) in [5.41, 5.74) is 1.89. The van der Waals surface area contributed by atoms with Gasteiger partial charge in [0.15, 0.2) is 0 Å². The van der Waals surface area contributed by atoms with Crippen molar-refractivity contribution in [2.24, 2.45) is 0 Å². The molecule has 0 amide bonds. The van der Waals surface area contributed by atoms with Crippen molar-refractivity contribution in [1.82, 2.24) is 14.4 Å². The summed E-state index contributed by atoms with van der Waals surface area (Å²) >= 11 is 0. The van der Waals surface area contributed by atoms with E-state index in [-0.39, 0.29) is 17.3 Å². The zero-order chi connectivity index (χ0) is 18.0. The van der Waals surface area contributed by atoms with Crippen LogP contribution in [-0.2, 0) is 16.6 Å². The minimum Gasteiger partial charge on any atom is -0.338 e. The maximum Gasteiger partial charge on any atom is 0.243 e. The highest BCUT2D eigenvalue weighted by molar-refractivity contribution is 7.89. The Hall–Kier alpha value is -2.58. The van der Waals surface area contributed by atoms with Gasteiger partial charge in [0, 0.05) is 12.6 Å². The summed E-state index contributed by atoms with van der Waals surface area (Å²) in [6.07, 6.45) is 0. The van der Waals surface area contributed by atoms with Gasteiger partial charge in [-0.25, -0.2) is 12.8 Å². The van der Waals surface area contributed by atoms with Gasteiger partial charge in [0.05, 0.1) is 11.4 Å². The third-order valence-electron chi connectivity index (χ3n) is 3.66. The molecule has 2 aromatic carbocycles. The van der Waals surface area contributed by atoms with E-state index in [4.69, 9.17) is 4.52 Å². The molecule has 1 aromatic heterocycles. The summed E-state index contributed by atoms with van der Waals surface area (Å²) in [5, 5.41) is 3.88. The smallest absolute Gasteiger partial charge is 0.243 e. The summed E-state index contributed by atoms with van der Waals surface area (Å²) in [4.78, 5) is 4.22. The van der Waals surface area contributed by atoms with Crippen molar-refractivity contribution in [3.8, 4) is 11.4 Å². The molecule has 1 heterocycles. The van der Waals surface area contributed by atoms with Gasteiger partial charge in [-0.15, -0.1) is 0 Å². The number of hydrogen-bond acceptors (Lipinski definition) is 5. The fourth-order valence-corrected chi connectivity index (χ4v) is 3.32. The lowest BCUT2D eigenvalue weighted by Gasteiger charge is -2.14. The third-order valence-corrected chi connectivity index (χ3v) is 5.48. The average molecular weight is 361 g/mol. The molecule has 0 unspecified atom stereocenters. The lowest BCUT2D eigenvalue weighted by atomic mass is 10.1. The predicted molar refractivity (Wildman–Crippen MR) is 89.5 cm³/mol. The van der Waals surface area contributed by atoms with Gasteiger partial charge in [0.25, 0.3) is 0 Å². The maximum absolute atomic E-state index is 13.0. The number of hydrogen-bond donors (Lipinski definition) is 0. The molecular formula is C17H16FN3O3S. The minimum atomic E-state index is -3.78. The molecule has 130 valence electrons. The zero-order valence-electron chi connectivity index (χ0n) is 13.7. The lowest BCUT2D eigenvalue weighted by molar-refractivity contribution is 0.336. The van der Waals surface area contributed by atoms with E-state index < -0.39 is 15.8 Å². The van der Waals surface area contributed by atoms with Crippen LogP contribution in [0.15, 0.2) is 57.9 Å². The Morgan fingerprint density at radius 2 is 1.72 bits per heavy atom. The second-order valence-electron chi connectivity index (χ2n) is 5.59. The van der Waals surface area contributed by atoms with Crippen molar-refractivity contribution in [2.75, 3.05) is 7.05 Å². The molecular weight excluding hydrogens is 345 g/mol. The van der Waals surface area contributed by atoms with E-state index in [2.05, 4.69) is 10.1 Å². The van der Waals surface area contributed by atoms with E-state index >= 15 is 0 Å². The summed E-state index contributed by atoms with van der Waals surface area (Å²) in [6, 6.07) is 12.2. The molecule has 0 aliphatic rings. The van der Waals surface area contributed by atoms with E-state index in [1.165, 1.54) is 19.2 Å². The zero-order valence-corrected chi connectivity index (χ0v) is 14.5. The molecule has 3 rings (SSSR count). The highest BCUT2D eigenvalue weighted by atomic mass is 32.2. The van der Waals surface area contributed by atoms with Gasteiger partial charge in [-0.3, -0.25) is 0 Å². The molecule has 0 atom stereocenters. The molecule has 8 heteroatoms. The Morgan fingerprint density at radius 1 is 1.08 bits per heavy atom. The lowest BCUT2D eigenvalue weighted by Crippen LogP contribution is -2.26. The van der Waals surface area contributed by atoms with Gasteiger partial charge in [-0.05, 0) is 31.2 Å². The van der Waals surface area contributed by atoms with Gasteiger partial charge in [0.2, 0.25) is 21.7 Å². The van der Waals surface area contributed by atoms with Crippen LogP contribution in [0.2, 0.25) is 0 Å². The van der Waals surface area contributed by atoms with Crippen LogP contribution in [0.1, 0.15) is 11.5 Å². The van der Waals surface area contributed by atoms with Crippen LogP contribution in [0.4, 0.5) is 4.39 Å². The van der Waals surface area contributed by atoms with Gasteiger partial charge < -0.3 is 4.52 Å². The molecule has 3 aromatic rings. The molecule has 0 saturated heterocycles. The van der Waals surface area contributed by atoms with Gasteiger partial charge in [0.1, 0.15) is 5.82 Å². The van der Waals surface area contributed by atoms with E-state index in [1.807, 2.05) is 31.2 Å². The van der Waals surface area contributed by atoms with Crippen molar-refractivity contribution in [1.29, 1.82) is 0 Å². The van der Waals surface area contributed by atoms with E-state index in [0.29, 0.717) is 5.82 Å². The number of aryl methyl sites for hydroxylation is 1. The Bertz CT molecular complexity index is 967. The van der Waals surface area contributed by atoms with Crippen molar-refractivity contribution >= 4 is 10.0 Å².